The van der Waals surface area contributed by atoms with Crippen molar-refractivity contribution in [2.75, 3.05) is 0 Å². The van der Waals surface area contributed by atoms with E-state index < -0.39 is 0 Å². The van der Waals surface area contributed by atoms with Crippen LogP contribution in [0.2, 0.25) is 0 Å². The number of nitrogens with zero attached hydrogens (tertiary/aromatic N) is 4. The highest BCUT2D eigenvalue weighted by Crippen LogP contribution is 2.38. The molecule has 0 aliphatic carbocycles. The van der Waals surface area contributed by atoms with Gasteiger partial charge in [0.1, 0.15) is 5.69 Å². The summed E-state index contributed by atoms with van der Waals surface area (Å²) >= 11 is 0. The molecule has 4 nitrogen and oxygen atoms in total. The lowest BCUT2D eigenvalue weighted by Gasteiger charge is -2.29. The number of para-hydroxylation sites is 1. The van der Waals surface area contributed by atoms with E-state index in [9.17, 15) is 0 Å². The molecule has 3 aromatic carbocycles. The number of aromatic nitrogens is 3. The molecule has 1 aromatic heterocycles. The first kappa shape index (κ1) is 17.8. The number of hydrogen-bond acceptors (Lipinski definition) is 3. The van der Waals surface area contributed by atoms with E-state index in [4.69, 9.17) is 0 Å². The average molecular weight is 380 g/mol. The molecule has 2 heterocycles. The van der Waals surface area contributed by atoms with Gasteiger partial charge in [0.05, 0.1) is 17.4 Å². The van der Waals surface area contributed by atoms with Crippen LogP contribution in [0.15, 0.2) is 84.9 Å². The maximum atomic E-state index is 4.63. The van der Waals surface area contributed by atoms with Gasteiger partial charge in [-0.15, -0.1) is 5.10 Å². The lowest BCUT2D eigenvalue weighted by atomic mass is 10.0. The molecule has 5 rings (SSSR count). The van der Waals surface area contributed by atoms with Crippen LogP contribution < -0.4 is 0 Å². The van der Waals surface area contributed by atoms with Gasteiger partial charge in [-0.25, -0.2) is 4.68 Å². The van der Waals surface area contributed by atoms with Gasteiger partial charge in [-0.1, -0.05) is 91.0 Å². The van der Waals surface area contributed by atoms with Gasteiger partial charge < -0.3 is 0 Å². The smallest absolute Gasteiger partial charge is 0.118 e. The van der Waals surface area contributed by atoms with E-state index in [1.807, 2.05) is 6.07 Å². The standard InChI is InChI=1S/C25H24N4/c1-2-22-25-24(20-13-7-4-8-14-20)26-27-29(25)23-16-10-9-15-21(23)18-28(22)17-19-11-5-3-6-12-19/h3-16,22H,2,17-18H2,1H3. The van der Waals surface area contributed by atoms with Crippen molar-refractivity contribution < 1.29 is 0 Å². The van der Waals surface area contributed by atoms with Gasteiger partial charge in [-0.3, -0.25) is 4.90 Å². The third-order valence-corrected chi connectivity index (χ3v) is 5.72. The van der Waals surface area contributed by atoms with Crippen LogP contribution in [-0.4, -0.2) is 19.9 Å². The molecule has 0 saturated carbocycles. The summed E-state index contributed by atoms with van der Waals surface area (Å²) in [6.45, 7) is 4.04. The molecule has 4 aromatic rings. The maximum absolute atomic E-state index is 4.63. The van der Waals surface area contributed by atoms with Crippen molar-refractivity contribution in [2.24, 2.45) is 0 Å². The fourth-order valence-electron chi connectivity index (χ4n) is 4.36. The highest BCUT2D eigenvalue weighted by Gasteiger charge is 2.32. The molecule has 0 radical (unpaired) electrons. The molecule has 1 unspecified atom stereocenters. The van der Waals surface area contributed by atoms with Crippen LogP contribution in [0.4, 0.5) is 0 Å². The van der Waals surface area contributed by atoms with Crippen molar-refractivity contribution in [2.45, 2.75) is 32.5 Å². The minimum absolute atomic E-state index is 0.229. The summed E-state index contributed by atoms with van der Waals surface area (Å²) in [5.74, 6) is 0. The van der Waals surface area contributed by atoms with Crippen LogP contribution in [0.25, 0.3) is 16.9 Å². The van der Waals surface area contributed by atoms with E-state index in [1.165, 1.54) is 16.8 Å². The molecule has 1 atom stereocenters. The zero-order chi connectivity index (χ0) is 19.6. The molecule has 144 valence electrons. The molecule has 0 N–H and O–H groups in total. The van der Waals surface area contributed by atoms with Crippen molar-refractivity contribution in [3.05, 3.63) is 102 Å². The van der Waals surface area contributed by atoms with Crippen LogP contribution in [0, 0.1) is 0 Å². The molecule has 1 aliphatic heterocycles. The molecule has 4 heteroatoms. The lowest BCUT2D eigenvalue weighted by molar-refractivity contribution is 0.173. The van der Waals surface area contributed by atoms with Crippen molar-refractivity contribution in [3.8, 4) is 16.9 Å². The molecule has 0 amide bonds. The van der Waals surface area contributed by atoms with Crippen molar-refractivity contribution in [1.82, 2.24) is 19.9 Å². The van der Waals surface area contributed by atoms with Gasteiger partial charge in [0.25, 0.3) is 0 Å². The van der Waals surface area contributed by atoms with Crippen LogP contribution in [0.3, 0.4) is 0 Å². The highest BCUT2D eigenvalue weighted by molar-refractivity contribution is 5.63. The van der Waals surface area contributed by atoms with Gasteiger partial charge in [-0.05, 0) is 23.6 Å². The second-order valence-corrected chi connectivity index (χ2v) is 7.54. The molecule has 1 aliphatic rings. The topological polar surface area (TPSA) is 34.0 Å². The summed E-state index contributed by atoms with van der Waals surface area (Å²) in [5.41, 5.74) is 7.01. The van der Waals surface area contributed by atoms with Crippen molar-refractivity contribution in [3.63, 3.8) is 0 Å². The van der Waals surface area contributed by atoms with E-state index in [1.54, 1.807) is 0 Å². The Kier molecular flexibility index (Phi) is 4.70. The van der Waals surface area contributed by atoms with Gasteiger partial charge in [0, 0.05) is 18.7 Å². The van der Waals surface area contributed by atoms with Crippen molar-refractivity contribution in [1.29, 1.82) is 0 Å². The zero-order valence-electron chi connectivity index (χ0n) is 16.6. The quantitative estimate of drug-likeness (QED) is 0.475. The Hall–Kier alpha value is -3.24. The van der Waals surface area contributed by atoms with Crippen molar-refractivity contribution >= 4 is 0 Å². The summed E-state index contributed by atoms with van der Waals surface area (Å²) < 4.78 is 2.07. The molecule has 29 heavy (non-hydrogen) atoms. The van der Waals surface area contributed by atoms with Gasteiger partial charge in [0.2, 0.25) is 0 Å². The Morgan fingerprint density at radius 2 is 1.55 bits per heavy atom. The SMILES string of the molecule is CCC1c2c(-c3ccccc3)nnn2-c2ccccc2CN1Cc1ccccc1. The van der Waals surface area contributed by atoms with Gasteiger partial charge >= 0.3 is 0 Å². The second-order valence-electron chi connectivity index (χ2n) is 7.54. The fourth-order valence-corrected chi connectivity index (χ4v) is 4.36. The number of hydrogen-bond donors (Lipinski definition) is 0. The Labute approximate surface area is 171 Å². The molecule has 0 spiro atoms. The predicted molar refractivity (Wildman–Crippen MR) is 116 cm³/mol. The molecule has 0 fully saturated rings. The Morgan fingerprint density at radius 1 is 0.862 bits per heavy atom. The Morgan fingerprint density at radius 3 is 2.31 bits per heavy atom. The van der Waals surface area contributed by atoms with E-state index in [2.05, 4.69) is 106 Å². The first-order valence-corrected chi connectivity index (χ1v) is 10.2. The predicted octanol–water partition coefficient (Wildman–Crippen LogP) is 5.40. The third kappa shape index (κ3) is 3.26. The summed E-state index contributed by atoms with van der Waals surface area (Å²) in [6, 6.07) is 29.9. The summed E-state index contributed by atoms with van der Waals surface area (Å²) in [4.78, 5) is 2.56. The largest absolute Gasteiger partial charge is 0.286 e. The van der Waals surface area contributed by atoms with E-state index in [0.717, 1.165) is 36.5 Å². The summed E-state index contributed by atoms with van der Waals surface area (Å²) in [7, 11) is 0. The zero-order valence-corrected chi connectivity index (χ0v) is 16.6. The molecule has 0 saturated heterocycles. The Bertz CT molecular complexity index is 1100. The van der Waals surface area contributed by atoms with Gasteiger partial charge in [0.15, 0.2) is 0 Å². The highest BCUT2D eigenvalue weighted by atomic mass is 15.5. The van der Waals surface area contributed by atoms with Crippen LogP contribution >= 0.6 is 0 Å². The summed E-state index contributed by atoms with van der Waals surface area (Å²) in [5, 5.41) is 9.25. The van der Waals surface area contributed by atoms with E-state index in [0.29, 0.717) is 0 Å². The van der Waals surface area contributed by atoms with E-state index >= 15 is 0 Å². The lowest BCUT2D eigenvalue weighted by Crippen LogP contribution is -2.27. The second kappa shape index (κ2) is 7.64. The Balaban J connectivity index is 1.68. The monoisotopic (exact) mass is 380 g/mol. The van der Waals surface area contributed by atoms with Crippen LogP contribution in [0.5, 0.6) is 0 Å². The molecular formula is C25H24N4. The number of rotatable bonds is 4. The summed E-state index contributed by atoms with van der Waals surface area (Å²) in [6.07, 6.45) is 0.994. The van der Waals surface area contributed by atoms with Gasteiger partial charge in [-0.2, -0.15) is 0 Å². The third-order valence-electron chi connectivity index (χ3n) is 5.72. The molecule has 0 bridgehead atoms. The first-order valence-electron chi connectivity index (χ1n) is 10.2. The van der Waals surface area contributed by atoms with Crippen LogP contribution in [0.1, 0.15) is 36.2 Å². The molecular weight excluding hydrogens is 356 g/mol. The fraction of sp³-hybridized carbons (Fsp3) is 0.200. The maximum Gasteiger partial charge on any atom is 0.118 e. The normalized spacial score (nSPS) is 16.1. The minimum atomic E-state index is 0.229. The van der Waals surface area contributed by atoms with Crippen LogP contribution in [-0.2, 0) is 13.1 Å². The number of fused-ring (bicyclic) bond motifs is 3. The van der Waals surface area contributed by atoms with E-state index in [-0.39, 0.29) is 6.04 Å². The average Bonchev–Trinajstić information content (AvgIpc) is 3.15. The number of benzene rings is 3. The first-order chi connectivity index (χ1) is 14.3. The minimum Gasteiger partial charge on any atom is -0.286 e.